The molecule has 1 atom stereocenters. The molecule has 0 radical (unpaired) electrons. The molecule has 1 fully saturated rings. The van der Waals surface area contributed by atoms with Crippen LogP contribution in [0.25, 0.3) is 0 Å². The molecule has 1 aromatic rings. The van der Waals surface area contributed by atoms with Gasteiger partial charge in [-0.2, -0.15) is 0 Å². The minimum atomic E-state index is -0.285. The Labute approximate surface area is 126 Å². The number of ether oxygens (including phenoxy) is 1. The van der Waals surface area contributed by atoms with E-state index < -0.39 is 0 Å². The topological polar surface area (TPSA) is 50.5 Å². The summed E-state index contributed by atoms with van der Waals surface area (Å²) in [6.07, 6.45) is 5.10. The van der Waals surface area contributed by atoms with E-state index in [0.717, 1.165) is 12.8 Å². The van der Waals surface area contributed by atoms with Crippen LogP contribution in [-0.2, 0) is 6.42 Å². The Kier molecular flexibility index (Phi) is 5.19. The molecule has 21 heavy (non-hydrogen) atoms. The van der Waals surface area contributed by atoms with E-state index in [1.54, 1.807) is 12.1 Å². The molecular formula is C16H26FN3O. The van der Waals surface area contributed by atoms with Crippen LogP contribution in [0.3, 0.4) is 0 Å². The lowest BCUT2D eigenvalue weighted by molar-refractivity contribution is 0.104. The van der Waals surface area contributed by atoms with E-state index in [0.29, 0.717) is 12.0 Å². The van der Waals surface area contributed by atoms with Gasteiger partial charge in [-0.05, 0) is 45.0 Å². The maximum Gasteiger partial charge on any atom is 0.168 e. The van der Waals surface area contributed by atoms with Crippen LogP contribution in [0.2, 0.25) is 0 Å². The molecule has 118 valence electrons. The normalized spacial score (nSPS) is 19.0. The van der Waals surface area contributed by atoms with E-state index in [1.165, 1.54) is 20.0 Å². The molecule has 1 unspecified atom stereocenters. The van der Waals surface area contributed by atoms with E-state index in [9.17, 15) is 4.39 Å². The van der Waals surface area contributed by atoms with Gasteiger partial charge < -0.3 is 9.64 Å². The van der Waals surface area contributed by atoms with Crippen molar-refractivity contribution in [1.29, 1.82) is 0 Å². The van der Waals surface area contributed by atoms with Gasteiger partial charge in [0, 0.05) is 11.6 Å². The maximum atomic E-state index is 14.4. The zero-order chi connectivity index (χ0) is 15.5. The van der Waals surface area contributed by atoms with Crippen molar-refractivity contribution in [1.82, 2.24) is 10.3 Å². The predicted octanol–water partition coefficient (Wildman–Crippen LogP) is 2.08. The van der Waals surface area contributed by atoms with Gasteiger partial charge in [-0.3, -0.25) is 11.3 Å². The zero-order valence-corrected chi connectivity index (χ0v) is 13.2. The average Bonchev–Trinajstić information content (AvgIpc) is 2.97. The van der Waals surface area contributed by atoms with Gasteiger partial charge in [0.15, 0.2) is 11.6 Å². The molecule has 0 spiro atoms. The molecule has 0 amide bonds. The van der Waals surface area contributed by atoms with E-state index in [2.05, 4.69) is 24.4 Å². The van der Waals surface area contributed by atoms with Crippen molar-refractivity contribution >= 4 is 0 Å². The maximum absolute atomic E-state index is 14.4. The quantitative estimate of drug-likeness (QED) is 0.623. The average molecular weight is 295 g/mol. The van der Waals surface area contributed by atoms with Gasteiger partial charge >= 0.3 is 0 Å². The number of likely N-dealkylation sites (N-methyl/N-ethyl adjacent to an activating group) is 1. The third-order valence-corrected chi connectivity index (χ3v) is 4.90. The lowest BCUT2D eigenvalue weighted by atomic mass is 9.83. The number of hydrogen-bond donors (Lipinski definition) is 2. The van der Waals surface area contributed by atoms with Gasteiger partial charge in [0.25, 0.3) is 0 Å². The molecule has 3 N–H and O–H groups in total. The lowest BCUT2D eigenvalue weighted by Crippen LogP contribution is -2.60. The van der Waals surface area contributed by atoms with Gasteiger partial charge in [0.05, 0.1) is 7.11 Å². The van der Waals surface area contributed by atoms with Crippen molar-refractivity contribution in [3.8, 4) is 5.75 Å². The number of nitrogens with zero attached hydrogens (tertiary/aromatic N) is 1. The van der Waals surface area contributed by atoms with Crippen LogP contribution >= 0.6 is 0 Å². The first-order valence-corrected chi connectivity index (χ1v) is 7.50. The van der Waals surface area contributed by atoms with Crippen molar-refractivity contribution in [2.24, 2.45) is 5.84 Å². The standard InChI is InChI=1S/C16H26FN3O/c1-20(2)16(9-4-5-10-16)14(19-18)11-12-7-6-8-13(21-3)15(12)17/h6-8,14,19H,4-5,9-11,18H2,1-3H3. The molecule has 0 saturated heterocycles. The number of nitrogens with two attached hydrogens (primary N) is 1. The van der Waals surface area contributed by atoms with Crippen LogP contribution in [0, 0.1) is 5.82 Å². The van der Waals surface area contributed by atoms with Crippen molar-refractivity contribution in [2.75, 3.05) is 21.2 Å². The molecule has 0 bridgehead atoms. The monoisotopic (exact) mass is 295 g/mol. The Morgan fingerprint density at radius 3 is 2.57 bits per heavy atom. The zero-order valence-electron chi connectivity index (χ0n) is 13.2. The molecule has 0 aromatic heterocycles. The van der Waals surface area contributed by atoms with E-state index in [4.69, 9.17) is 10.6 Å². The van der Waals surface area contributed by atoms with Gasteiger partial charge in [-0.1, -0.05) is 25.0 Å². The molecule has 1 aromatic carbocycles. The summed E-state index contributed by atoms with van der Waals surface area (Å²) in [5.74, 6) is 5.81. The summed E-state index contributed by atoms with van der Waals surface area (Å²) in [5.41, 5.74) is 3.56. The van der Waals surface area contributed by atoms with Crippen molar-refractivity contribution in [2.45, 2.75) is 43.7 Å². The Morgan fingerprint density at radius 2 is 2.05 bits per heavy atom. The molecule has 2 rings (SSSR count). The third kappa shape index (κ3) is 3.05. The van der Waals surface area contributed by atoms with Crippen LogP contribution in [0.1, 0.15) is 31.2 Å². The van der Waals surface area contributed by atoms with Crippen LogP contribution in [-0.4, -0.2) is 37.7 Å². The van der Waals surface area contributed by atoms with Crippen LogP contribution in [0.4, 0.5) is 4.39 Å². The van der Waals surface area contributed by atoms with Gasteiger partial charge in [-0.25, -0.2) is 4.39 Å². The SMILES string of the molecule is COc1cccc(CC(NN)C2(N(C)C)CCCC2)c1F. The van der Waals surface area contributed by atoms with Crippen LogP contribution < -0.4 is 16.0 Å². The second-order valence-electron chi connectivity index (χ2n) is 6.06. The summed E-state index contributed by atoms with van der Waals surface area (Å²) >= 11 is 0. The fourth-order valence-corrected chi connectivity index (χ4v) is 3.59. The Hall–Kier alpha value is -1.17. The summed E-state index contributed by atoms with van der Waals surface area (Å²) in [5, 5.41) is 0. The highest BCUT2D eigenvalue weighted by molar-refractivity contribution is 5.32. The molecular weight excluding hydrogens is 269 g/mol. The van der Waals surface area contributed by atoms with Crippen molar-refractivity contribution in [3.63, 3.8) is 0 Å². The number of rotatable bonds is 6. The second-order valence-corrected chi connectivity index (χ2v) is 6.06. The van der Waals surface area contributed by atoms with E-state index in [-0.39, 0.29) is 23.1 Å². The number of hydrazine groups is 1. The highest BCUT2D eigenvalue weighted by Gasteiger charge is 2.43. The predicted molar refractivity (Wildman–Crippen MR) is 82.7 cm³/mol. The van der Waals surface area contributed by atoms with E-state index >= 15 is 0 Å². The van der Waals surface area contributed by atoms with Gasteiger partial charge in [0.2, 0.25) is 0 Å². The second kappa shape index (κ2) is 6.73. The number of hydrogen-bond acceptors (Lipinski definition) is 4. The highest BCUT2D eigenvalue weighted by Crippen LogP contribution is 2.38. The lowest BCUT2D eigenvalue weighted by Gasteiger charge is -2.43. The Balaban J connectivity index is 2.27. The number of methoxy groups -OCH3 is 1. The van der Waals surface area contributed by atoms with Gasteiger partial charge in [0.1, 0.15) is 0 Å². The molecule has 5 heteroatoms. The minimum absolute atomic E-state index is 0.00966. The summed E-state index contributed by atoms with van der Waals surface area (Å²) in [4.78, 5) is 2.24. The number of halogens is 1. The van der Waals surface area contributed by atoms with Crippen molar-refractivity contribution < 1.29 is 9.13 Å². The van der Waals surface area contributed by atoms with Crippen molar-refractivity contribution in [3.05, 3.63) is 29.6 Å². The first-order chi connectivity index (χ1) is 10.0. The summed E-state index contributed by atoms with van der Waals surface area (Å²) < 4.78 is 19.4. The smallest absolute Gasteiger partial charge is 0.168 e. The highest BCUT2D eigenvalue weighted by atomic mass is 19.1. The molecule has 0 aliphatic heterocycles. The molecule has 4 nitrogen and oxygen atoms in total. The summed E-state index contributed by atoms with van der Waals surface area (Å²) in [7, 11) is 5.65. The molecule has 1 aliphatic carbocycles. The minimum Gasteiger partial charge on any atom is -0.494 e. The largest absolute Gasteiger partial charge is 0.494 e. The molecule has 1 saturated carbocycles. The summed E-state index contributed by atoms with van der Waals surface area (Å²) in [6.45, 7) is 0. The van der Waals surface area contributed by atoms with Crippen LogP contribution in [0.15, 0.2) is 18.2 Å². The Morgan fingerprint density at radius 1 is 1.38 bits per heavy atom. The summed E-state index contributed by atoms with van der Waals surface area (Å²) in [6, 6.07) is 5.28. The number of benzene rings is 1. The first kappa shape index (κ1) is 16.2. The number of nitrogens with one attached hydrogen (secondary N) is 1. The van der Waals surface area contributed by atoms with E-state index in [1.807, 2.05) is 6.07 Å². The fraction of sp³-hybridized carbons (Fsp3) is 0.625. The molecule has 0 heterocycles. The molecule has 1 aliphatic rings. The third-order valence-electron chi connectivity index (χ3n) is 4.90. The van der Waals surface area contributed by atoms with Gasteiger partial charge in [-0.15, -0.1) is 0 Å². The van der Waals surface area contributed by atoms with Crippen LogP contribution in [0.5, 0.6) is 5.75 Å². The Bertz CT molecular complexity index is 473. The first-order valence-electron chi connectivity index (χ1n) is 7.50. The fourth-order valence-electron chi connectivity index (χ4n) is 3.59.